The summed E-state index contributed by atoms with van der Waals surface area (Å²) >= 11 is 5.41. The molecule has 0 amide bonds. The van der Waals surface area contributed by atoms with Crippen LogP contribution < -0.4 is 0 Å². The molecule has 1 heterocycles. The molecule has 0 aromatic carbocycles. The van der Waals surface area contributed by atoms with Gasteiger partial charge in [0.05, 0.1) is 4.99 Å². The van der Waals surface area contributed by atoms with Crippen molar-refractivity contribution < 1.29 is 0 Å². The molecule has 1 saturated heterocycles. The zero-order valence-electron chi connectivity index (χ0n) is 10.1. The second-order valence-corrected chi connectivity index (χ2v) is 6.04. The lowest BCUT2D eigenvalue weighted by Gasteiger charge is -2.36. The van der Waals surface area contributed by atoms with Gasteiger partial charge in [-0.15, -0.1) is 0 Å². The van der Waals surface area contributed by atoms with Gasteiger partial charge in [-0.3, -0.25) is 0 Å². The van der Waals surface area contributed by atoms with Crippen LogP contribution in [0, 0.1) is 17.3 Å². The molecule has 14 heavy (non-hydrogen) atoms. The van der Waals surface area contributed by atoms with Crippen molar-refractivity contribution in [2.24, 2.45) is 17.3 Å². The lowest BCUT2D eigenvalue weighted by molar-refractivity contribution is 0.149. The number of thiocarbonyl (C=S) groups is 1. The van der Waals surface area contributed by atoms with Crippen molar-refractivity contribution in [2.45, 2.75) is 40.5 Å². The van der Waals surface area contributed by atoms with Crippen molar-refractivity contribution in [3.8, 4) is 0 Å². The van der Waals surface area contributed by atoms with Crippen LogP contribution in [0.2, 0.25) is 0 Å². The summed E-state index contributed by atoms with van der Waals surface area (Å²) in [4.78, 5) is 3.42. The van der Waals surface area contributed by atoms with Gasteiger partial charge in [0.2, 0.25) is 0 Å². The first-order valence-corrected chi connectivity index (χ1v) is 6.00. The van der Waals surface area contributed by atoms with Crippen LogP contribution >= 0.6 is 12.2 Å². The van der Waals surface area contributed by atoms with Crippen LogP contribution in [0.5, 0.6) is 0 Å². The monoisotopic (exact) mass is 213 g/mol. The summed E-state index contributed by atoms with van der Waals surface area (Å²) in [5.74, 6) is 1.47. The number of nitrogens with zero attached hydrogens (tertiary/aromatic N) is 1. The van der Waals surface area contributed by atoms with Gasteiger partial charge in [0.1, 0.15) is 0 Å². The molecule has 0 radical (unpaired) electrons. The molecule has 0 bridgehead atoms. The minimum Gasteiger partial charge on any atom is -0.369 e. The number of likely N-dealkylation sites (tertiary alicyclic amines) is 1. The van der Waals surface area contributed by atoms with Crippen molar-refractivity contribution in [1.82, 2.24) is 4.90 Å². The third-order valence-electron chi connectivity index (χ3n) is 3.76. The third-order valence-corrected chi connectivity index (χ3v) is 4.23. The smallest absolute Gasteiger partial charge is 0.0779 e. The second kappa shape index (κ2) is 4.18. The van der Waals surface area contributed by atoms with Crippen molar-refractivity contribution in [1.29, 1.82) is 0 Å². The van der Waals surface area contributed by atoms with Crippen LogP contribution in [-0.2, 0) is 0 Å². The predicted molar refractivity (Wildman–Crippen MR) is 66.6 cm³/mol. The average molecular weight is 213 g/mol. The van der Waals surface area contributed by atoms with E-state index in [0.29, 0.717) is 5.41 Å². The molecular formula is C12H23NS. The highest BCUT2D eigenvalue weighted by Crippen LogP contribution is 2.38. The van der Waals surface area contributed by atoms with E-state index in [4.69, 9.17) is 12.2 Å². The third kappa shape index (κ3) is 2.47. The maximum Gasteiger partial charge on any atom is 0.0779 e. The summed E-state index contributed by atoms with van der Waals surface area (Å²) in [6.45, 7) is 10.5. The van der Waals surface area contributed by atoms with E-state index in [2.05, 4.69) is 39.6 Å². The first-order chi connectivity index (χ1) is 6.35. The lowest BCUT2D eigenvalue weighted by Crippen LogP contribution is -2.37. The van der Waals surface area contributed by atoms with Gasteiger partial charge in [0, 0.05) is 20.0 Å². The molecule has 2 atom stereocenters. The Morgan fingerprint density at radius 2 is 2.07 bits per heavy atom. The Morgan fingerprint density at radius 1 is 1.50 bits per heavy atom. The minimum atomic E-state index is 0.425. The van der Waals surface area contributed by atoms with Crippen LogP contribution in [0.4, 0.5) is 0 Å². The molecule has 82 valence electrons. The molecule has 0 aromatic heterocycles. The van der Waals surface area contributed by atoms with E-state index in [1.165, 1.54) is 6.42 Å². The standard InChI is InChI=1S/C12H23NS/c1-9(2)12(4)7-10(3)6-11(14)13(5)8-12/h9-10H,6-8H2,1-5H3. The van der Waals surface area contributed by atoms with Crippen molar-refractivity contribution >= 4 is 17.2 Å². The van der Waals surface area contributed by atoms with E-state index in [1.54, 1.807) is 0 Å². The van der Waals surface area contributed by atoms with E-state index in [1.807, 2.05) is 0 Å². The Morgan fingerprint density at radius 3 is 2.57 bits per heavy atom. The van der Waals surface area contributed by atoms with E-state index >= 15 is 0 Å². The van der Waals surface area contributed by atoms with Gasteiger partial charge in [-0.25, -0.2) is 0 Å². The fraction of sp³-hybridized carbons (Fsp3) is 0.917. The van der Waals surface area contributed by atoms with Crippen molar-refractivity contribution in [3.05, 3.63) is 0 Å². The Bertz CT molecular complexity index is 224. The minimum absolute atomic E-state index is 0.425. The number of rotatable bonds is 1. The Kier molecular flexibility index (Phi) is 3.57. The zero-order valence-corrected chi connectivity index (χ0v) is 10.9. The largest absolute Gasteiger partial charge is 0.369 e. The maximum absolute atomic E-state index is 5.41. The topological polar surface area (TPSA) is 3.24 Å². The normalized spacial score (nSPS) is 34.9. The predicted octanol–water partition coefficient (Wildman–Crippen LogP) is 3.34. The molecule has 2 unspecified atom stereocenters. The molecule has 2 heteroatoms. The van der Waals surface area contributed by atoms with Crippen LogP contribution in [0.1, 0.15) is 40.5 Å². The zero-order chi connectivity index (χ0) is 10.9. The van der Waals surface area contributed by atoms with Crippen LogP contribution in [0.25, 0.3) is 0 Å². The number of hydrogen-bond donors (Lipinski definition) is 0. The fourth-order valence-electron chi connectivity index (χ4n) is 2.43. The highest BCUT2D eigenvalue weighted by atomic mass is 32.1. The summed E-state index contributed by atoms with van der Waals surface area (Å²) in [6, 6.07) is 0. The SMILES string of the molecule is CC1CC(=S)N(C)CC(C)(C(C)C)C1. The first-order valence-electron chi connectivity index (χ1n) is 5.59. The molecule has 0 saturated carbocycles. The molecule has 1 rings (SSSR count). The van der Waals surface area contributed by atoms with E-state index in [9.17, 15) is 0 Å². The average Bonchev–Trinajstić information content (AvgIpc) is 2.10. The summed E-state index contributed by atoms with van der Waals surface area (Å²) in [5.41, 5.74) is 0.425. The van der Waals surface area contributed by atoms with Crippen LogP contribution in [0.3, 0.4) is 0 Å². The molecule has 0 N–H and O–H groups in total. The number of hydrogen-bond acceptors (Lipinski definition) is 1. The van der Waals surface area contributed by atoms with Gasteiger partial charge in [0.25, 0.3) is 0 Å². The van der Waals surface area contributed by atoms with Crippen LogP contribution in [0.15, 0.2) is 0 Å². The molecule has 0 aliphatic carbocycles. The van der Waals surface area contributed by atoms with E-state index in [-0.39, 0.29) is 0 Å². The molecule has 1 aliphatic rings. The van der Waals surface area contributed by atoms with Gasteiger partial charge < -0.3 is 4.90 Å². The fourth-order valence-corrected chi connectivity index (χ4v) is 2.78. The molecule has 0 spiro atoms. The van der Waals surface area contributed by atoms with Gasteiger partial charge in [0.15, 0.2) is 0 Å². The molecular weight excluding hydrogens is 190 g/mol. The van der Waals surface area contributed by atoms with Gasteiger partial charge in [-0.05, 0) is 23.7 Å². The molecule has 1 aliphatic heterocycles. The molecule has 1 nitrogen and oxygen atoms in total. The van der Waals surface area contributed by atoms with Gasteiger partial charge in [-0.2, -0.15) is 0 Å². The second-order valence-electron chi connectivity index (χ2n) is 5.57. The van der Waals surface area contributed by atoms with Gasteiger partial charge >= 0.3 is 0 Å². The summed E-state index contributed by atoms with van der Waals surface area (Å²) < 4.78 is 0. The summed E-state index contributed by atoms with van der Waals surface area (Å²) in [5, 5.41) is 0. The van der Waals surface area contributed by atoms with E-state index < -0.39 is 0 Å². The van der Waals surface area contributed by atoms with Crippen LogP contribution in [-0.4, -0.2) is 23.5 Å². The maximum atomic E-state index is 5.41. The first kappa shape index (κ1) is 12.0. The Labute approximate surface area is 93.9 Å². The molecule has 0 aromatic rings. The van der Waals surface area contributed by atoms with E-state index in [0.717, 1.165) is 29.8 Å². The van der Waals surface area contributed by atoms with Crippen molar-refractivity contribution in [2.75, 3.05) is 13.6 Å². The quantitative estimate of drug-likeness (QED) is 0.615. The van der Waals surface area contributed by atoms with Crippen molar-refractivity contribution in [3.63, 3.8) is 0 Å². The van der Waals surface area contributed by atoms with Gasteiger partial charge in [-0.1, -0.05) is 39.9 Å². The summed E-state index contributed by atoms with van der Waals surface area (Å²) in [7, 11) is 2.14. The lowest BCUT2D eigenvalue weighted by atomic mass is 9.73. The highest BCUT2D eigenvalue weighted by molar-refractivity contribution is 7.80. The molecule has 1 fully saturated rings. The Balaban J connectivity index is 2.84. The highest BCUT2D eigenvalue weighted by Gasteiger charge is 2.35. The summed E-state index contributed by atoms with van der Waals surface area (Å²) in [6.07, 6.45) is 2.39. The Hall–Kier alpha value is -0.110.